The molecule has 0 aliphatic rings. The van der Waals surface area contributed by atoms with Crippen LogP contribution >= 0.6 is 0 Å². The van der Waals surface area contributed by atoms with E-state index in [0.29, 0.717) is 17.3 Å². The highest BCUT2D eigenvalue weighted by molar-refractivity contribution is 5.99. The highest BCUT2D eigenvalue weighted by Crippen LogP contribution is 2.16. The second-order valence-electron chi connectivity index (χ2n) is 4.21. The summed E-state index contributed by atoms with van der Waals surface area (Å²) in [5.41, 5.74) is 2.41. The van der Waals surface area contributed by atoms with Gasteiger partial charge in [0.1, 0.15) is 0 Å². The third-order valence-corrected chi connectivity index (χ3v) is 2.67. The fraction of sp³-hybridized carbons (Fsp3) is 0.308. The van der Waals surface area contributed by atoms with Gasteiger partial charge in [0.05, 0.1) is 12.1 Å². The maximum atomic E-state index is 12.1. The summed E-state index contributed by atoms with van der Waals surface area (Å²) >= 11 is 0. The minimum absolute atomic E-state index is 0.171. The SMILES string of the molecule is CNc1ccc(C)cc1C(=O)NCc1noc(C)n1. The molecule has 0 unspecified atom stereocenters. The molecule has 100 valence electrons. The lowest BCUT2D eigenvalue weighted by molar-refractivity contribution is 0.0950. The molecule has 2 aromatic rings. The first kappa shape index (κ1) is 13.1. The molecule has 6 heteroatoms. The van der Waals surface area contributed by atoms with Crippen LogP contribution in [0.1, 0.15) is 27.6 Å². The summed E-state index contributed by atoms with van der Waals surface area (Å²) in [6, 6.07) is 5.66. The van der Waals surface area contributed by atoms with Gasteiger partial charge in [-0.15, -0.1) is 0 Å². The maximum Gasteiger partial charge on any atom is 0.253 e. The van der Waals surface area contributed by atoms with Crippen LogP contribution in [0.15, 0.2) is 22.7 Å². The summed E-state index contributed by atoms with van der Waals surface area (Å²) in [6.45, 7) is 3.89. The zero-order valence-electron chi connectivity index (χ0n) is 11.2. The van der Waals surface area contributed by atoms with Gasteiger partial charge < -0.3 is 15.2 Å². The number of anilines is 1. The first-order chi connectivity index (χ1) is 9.10. The molecular formula is C13H16N4O2. The van der Waals surface area contributed by atoms with Crippen LogP contribution in [0.5, 0.6) is 0 Å². The molecule has 1 heterocycles. The third-order valence-electron chi connectivity index (χ3n) is 2.67. The van der Waals surface area contributed by atoms with E-state index in [2.05, 4.69) is 20.8 Å². The number of carbonyl (C=O) groups is 1. The summed E-state index contributed by atoms with van der Waals surface area (Å²) in [6.07, 6.45) is 0. The second-order valence-corrected chi connectivity index (χ2v) is 4.21. The smallest absolute Gasteiger partial charge is 0.253 e. The Kier molecular flexibility index (Phi) is 3.79. The van der Waals surface area contributed by atoms with Gasteiger partial charge in [0, 0.05) is 19.7 Å². The predicted octanol–water partition coefficient (Wildman–Crippen LogP) is 1.66. The fourth-order valence-corrected chi connectivity index (χ4v) is 1.73. The van der Waals surface area contributed by atoms with Crippen LogP contribution in [0.25, 0.3) is 0 Å². The van der Waals surface area contributed by atoms with Gasteiger partial charge in [-0.3, -0.25) is 4.79 Å². The summed E-state index contributed by atoms with van der Waals surface area (Å²) in [7, 11) is 1.78. The Bertz CT molecular complexity index is 592. The Balaban J connectivity index is 2.09. The number of amides is 1. The van der Waals surface area contributed by atoms with Crippen LogP contribution in [-0.2, 0) is 6.54 Å². The van der Waals surface area contributed by atoms with E-state index in [0.717, 1.165) is 11.3 Å². The number of hydrogen-bond donors (Lipinski definition) is 2. The molecule has 19 heavy (non-hydrogen) atoms. The van der Waals surface area contributed by atoms with Crippen molar-refractivity contribution < 1.29 is 9.32 Å². The molecule has 6 nitrogen and oxygen atoms in total. The Labute approximate surface area is 111 Å². The average Bonchev–Trinajstić information content (AvgIpc) is 2.81. The lowest BCUT2D eigenvalue weighted by atomic mass is 10.1. The number of hydrogen-bond acceptors (Lipinski definition) is 5. The second kappa shape index (κ2) is 5.51. The van der Waals surface area contributed by atoms with Crippen molar-refractivity contribution in [2.75, 3.05) is 12.4 Å². The van der Waals surface area contributed by atoms with Gasteiger partial charge in [0.15, 0.2) is 5.82 Å². The maximum absolute atomic E-state index is 12.1. The van der Waals surface area contributed by atoms with Crippen molar-refractivity contribution in [2.45, 2.75) is 20.4 Å². The molecule has 1 aromatic carbocycles. The number of aryl methyl sites for hydroxylation is 2. The van der Waals surface area contributed by atoms with Crippen molar-refractivity contribution in [3.63, 3.8) is 0 Å². The molecule has 0 saturated carbocycles. The summed E-state index contributed by atoms with van der Waals surface area (Å²) in [5, 5.41) is 9.49. The minimum atomic E-state index is -0.171. The Morgan fingerprint density at radius 3 is 2.79 bits per heavy atom. The van der Waals surface area contributed by atoms with Crippen molar-refractivity contribution in [2.24, 2.45) is 0 Å². The molecule has 0 bridgehead atoms. The number of carbonyl (C=O) groups excluding carboxylic acids is 1. The normalized spacial score (nSPS) is 10.3. The lowest BCUT2D eigenvalue weighted by Crippen LogP contribution is -2.24. The summed E-state index contributed by atoms with van der Waals surface area (Å²) in [5.74, 6) is 0.774. The van der Waals surface area contributed by atoms with E-state index in [9.17, 15) is 4.79 Å². The minimum Gasteiger partial charge on any atom is -0.387 e. The first-order valence-electron chi connectivity index (χ1n) is 5.96. The fourth-order valence-electron chi connectivity index (χ4n) is 1.73. The van der Waals surface area contributed by atoms with E-state index in [1.54, 1.807) is 14.0 Å². The number of nitrogens with one attached hydrogen (secondary N) is 2. The van der Waals surface area contributed by atoms with Crippen LogP contribution in [0.3, 0.4) is 0 Å². The Morgan fingerprint density at radius 2 is 2.16 bits per heavy atom. The third kappa shape index (κ3) is 3.09. The Hall–Kier alpha value is -2.37. The van der Waals surface area contributed by atoms with Crippen molar-refractivity contribution >= 4 is 11.6 Å². The molecule has 0 radical (unpaired) electrons. The van der Waals surface area contributed by atoms with Crippen molar-refractivity contribution in [1.82, 2.24) is 15.5 Å². The monoisotopic (exact) mass is 260 g/mol. The van der Waals surface area contributed by atoms with E-state index < -0.39 is 0 Å². The summed E-state index contributed by atoms with van der Waals surface area (Å²) < 4.78 is 4.84. The van der Waals surface area contributed by atoms with Gasteiger partial charge in [0.2, 0.25) is 5.89 Å². The zero-order chi connectivity index (χ0) is 13.8. The summed E-state index contributed by atoms with van der Waals surface area (Å²) in [4.78, 5) is 16.1. The van der Waals surface area contributed by atoms with Crippen LogP contribution in [-0.4, -0.2) is 23.1 Å². The number of benzene rings is 1. The molecule has 0 fully saturated rings. The number of aromatic nitrogens is 2. The molecule has 0 aliphatic heterocycles. The predicted molar refractivity (Wildman–Crippen MR) is 70.9 cm³/mol. The van der Waals surface area contributed by atoms with Gasteiger partial charge in [-0.1, -0.05) is 16.8 Å². The van der Waals surface area contributed by atoms with Gasteiger partial charge >= 0.3 is 0 Å². The van der Waals surface area contributed by atoms with Gasteiger partial charge in [-0.2, -0.15) is 4.98 Å². The van der Waals surface area contributed by atoms with E-state index in [1.165, 1.54) is 0 Å². The molecular weight excluding hydrogens is 244 g/mol. The van der Waals surface area contributed by atoms with Crippen LogP contribution in [0.4, 0.5) is 5.69 Å². The molecule has 1 amide bonds. The highest BCUT2D eigenvalue weighted by Gasteiger charge is 2.12. The number of nitrogens with zero attached hydrogens (tertiary/aromatic N) is 2. The van der Waals surface area contributed by atoms with Gasteiger partial charge in [0.25, 0.3) is 5.91 Å². The number of rotatable bonds is 4. The lowest BCUT2D eigenvalue weighted by Gasteiger charge is -2.09. The molecule has 2 N–H and O–H groups in total. The van der Waals surface area contributed by atoms with Crippen LogP contribution in [0.2, 0.25) is 0 Å². The van der Waals surface area contributed by atoms with Crippen LogP contribution in [0, 0.1) is 13.8 Å². The first-order valence-corrected chi connectivity index (χ1v) is 5.96. The standard InChI is InChI=1S/C13H16N4O2/c1-8-4-5-11(14-3)10(6-8)13(18)15-7-12-16-9(2)19-17-12/h4-6,14H,7H2,1-3H3,(H,15,18). The van der Waals surface area contributed by atoms with Crippen molar-refractivity contribution in [1.29, 1.82) is 0 Å². The largest absolute Gasteiger partial charge is 0.387 e. The van der Waals surface area contributed by atoms with Gasteiger partial charge in [-0.25, -0.2) is 0 Å². The van der Waals surface area contributed by atoms with Crippen LogP contribution < -0.4 is 10.6 Å². The van der Waals surface area contributed by atoms with E-state index >= 15 is 0 Å². The molecule has 1 aromatic heterocycles. The van der Waals surface area contributed by atoms with Gasteiger partial charge in [-0.05, 0) is 19.1 Å². The van der Waals surface area contributed by atoms with E-state index in [4.69, 9.17) is 4.52 Å². The quantitative estimate of drug-likeness (QED) is 0.873. The van der Waals surface area contributed by atoms with E-state index in [1.807, 2.05) is 25.1 Å². The molecule has 0 spiro atoms. The molecule has 0 saturated heterocycles. The van der Waals surface area contributed by atoms with E-state index in [-0.39, 0.29) is 12.5 Å². The molecule has 0 aliphatic carbocycles. The zero-order valence-corrected chi connectivity index (χ0v) is 11.2. The Morgan fingerprint density at radius 1 is 1.37 bits per heavy atom. The molecule has 2 rings (SSSR count). The van der Waals surface area contributed by atoms with Crippen molar-refractivity contribution in [3.8, 4) is 0 Å². The highest BCUT2D eigenvalue weighted by atomic mass is 16.5. The van der Waals surface area contributed by atoms with Crippen molar-refractivity contribution in [3.05, 3.63) is 41.0 Å². The topological polar surface area (TPSA) is 80.0 Å². The molecule has 0 atom stereocenters. The average molecular weight is 260 g/mol.